The Labute approximate surface area is 219 Å². The van der Waals surface area contributed by atoms with Gasteiger partial charge in [0.25, 0.3) is 0 Å². The van der Waals surface area contributed by atoms with Crippen LogP contribution in [0.2, 0.25) is 18.1 Å². The van der Waals surface area contributed by atoms with Crippen LogP contribution >= 0.6 is 0 Å². The summed E-state index contributed by atoms with van der Waals surface area (Å²) in [7, 11) is -5.14. The zero-order valence-corrected chi connectivity index (χ0v) is 23.7. The molecule has 1 aliphatic rings. The monoisotopic (exact) mass is 532 g/mol. The van der Waals surface area contributed by atoms with Crippen LogP contribution in [-0.4, -0.2) is 54.6 Å². The van der Waals surface area contributed by atoms with E-state index in [1.165, 1.54) is 6.33 Å². The van der Waals surface area contributed by atoms with Crippen molar-refractivity contribution < 1.29 is 4.21 Å². The molecule has 0 spiro atoms. The number of nitrogens with zero attached hydrogens (tertiary/aromatic N) is 7. The van der Waals surface area contributed by atoms with Crippen molar-refractivity contribution in [2.24, 2.45) is 4.03 Å². The quantitative estimate of drug-likeness (QED) is 0.343. The highest BCUT2D eigenvalue weighted by molar-refractivity contribution is 7.92. The number of aromatic amines is 1. The second kappa shape index (κ2) is 8.90. The number of nitriles is 1. The lowest BCUT2D eigenvalue weighted by Crippen LogP contribution is -2.64. The molecule has 1 fully saturated rings. The highest BCUT2D eigenvalue weighted by atomic mass is 32.2. The van der Waals surface area contributed by atoms with E-state index in [2.05, 4.69) is 60.0 Å². The number of H-pyrrole nitrogens is 1. The third-order valence-corrected chi connectivity index (χ3v) is 16.0. The highest BCUT2D eigenvalue weighted by Crippen LogP contribution is 2.42. The molecule has 0 bridgehead atoms. The molecule has 1 N–H and O–H groups in total. The van der Waals surface area contributed by atoms with E-state index in [1.807, 2.05) is 57.8 Å². The van der Waals surface area contributed by atoms with Crippen molar-refractivity contribution in [2.75, 3.05) is 13.1 Å². The molecule has 1 aliphatic heterocycles. The van der Waals surface area contributed by atoms with Crippen LogP contribution in [0.4, 0.5) is 0 Å². The van der Waals surface area contributed by atoms with Gasteiger partial charge in [-0.15, -0.1) is 0 Å². The van der Waals surface area contributed by atoms with Gasteiger partial charge in [-0.25, -0.2) is 18.5 Å². The molecule has 0 aliphatic carbocycles. The minimum absolute atomic E-state index is 0.0585. The molecular weight excluding hydrogens is 500 g/mol. The molecule has 0 amide bonds. The second-order valence-electron chi connectivity index (χ2n) is 11.2. The van der Waals surface area contributed by atoms with Gasteiger partial charge < -0.3 is 4.98 Å². The summed E-state index contributed by atoms with van der Waals surface area (Å²) in [5, 5.41) is 15.2. The topological polar surface area (TPSA) is 116 Å². The third-order valence-electron chi connectivity index (χ3n) is 7.63. The van der Waals surface area contributed by atoms with Crippen LogP contribution in [0.1, 0.15) is 27.2 Å². The Morgan fingerprint density at radius 3 is 2.59 bits per heavy atom. The number of benzene rings is 1. The highest BCUT2D eigenvalue weighted by Gasteiger charge is 2.51. The summed E-state index contributed by atoms with van der Waals surface area (Å²) in [5.74, 6) is 0. The summed E-state index contributed by atoms with van der Waals surface area (Å²) in [4.78, 5) is 12.6. The van der Waals surface area contributed by atoms with E-state index in [0.717, 1.165) is 22.3 Å². The van der Waals surface area contributed by atoms with E-state index in [0.29, 0.717) is 18.0 Å². The fraction of sp³-hybridized carbons (Fsp3) is 0.385. The SMILES string of the molecule is CC(C)(C)[Si](C)(C)N=S(=O)(c1ccccc1)N1CC(CC#N)(n2cc(-c3ncnc4[nH]ccc34)cn2)C1. The molecular formula is C26H32N8OSSi. The number of aromatic nitrogens is 5. The fourth-order valence-electron chi connectivity index (χ4n) is 4.38. The zero-order chi connectivity index (χ0) is 26.5. The van der Waals surface area contributed by atoms with Crippen molar-refractivity contribution in [3.05, 3.63) is 61.3 Å². The Morgan fingerprint density at radius 2 is 1.92 bits per heavy atom. The second-order valence-corrected chi connectivity index (χ2v) is 18.5. The number of hydrogen-bond donors (Lipinski definition) is 1. The maximum absolute atomic E-state index is 14.8. The summed E-state index contributed by atoms with van der Waals surface area (Å²) in [6, 6.07) is 13.8. The van der Waals surface area contributed by atoms with Crippen molar-refractivity contribution >= 4 is 29.2 Å². The Hall–Kier alpha value is -3.33. The number of hydrogen-bond acceptors (Lipinski definition) is 6. The van der Waals surface area contributed by atoms with Gasteiger partial charge in [-0.2, -0.15) is 10.4 Å². The van der Waals surface area contributed by atoms with Crippen LogP contribution in [-0.2, 0) is 15.5 Å². The van der Waals surface area contributed by atoms with Gasteiger partial charge in [0, 0.05) is 36.4 Å². The van der Waals surface area contributed by atoms with Crippen LogP contribution in [0.3, 0.4) is 0 Å². The van der Waals surface area contributed by atoms with Crippen molar-refractivity contribution in [1.29, 1.82) is 5.26 Å². The van der Waals surface area contributed by atoms with Gasteiger partial charge >= 0.3 is 0 Å². The first-order chi connectivity index (χ1) is 17.5. The Kier molecular flexibility index (Phi) is 6.09. The van der Waals surface area contributed by atoms with Crippen LogP contribution < -0.4 is 0 Å². The van der Waals surface area contributed by atoms with E-state index in [1.54, 1.807) is 6.20 Å². The lowest BCUT2D eigenvalue weighted by molar-refractivity contribution is 0.0750. The Morgan fingerprint density at radius 1 is 1.19 bits per heavy atom. The van der Waals surface area contributed by atoms with E-state index in [-0.39, 0.29) is 11.5 Å². The zero-order valence-electron chi connectivity index (χ0n) is 21.8. The molecule has 192 valence electrons. The maximum atomic E-state index is 14.8. The molecule has 1 saturated heterocycles. The van der Waals surface area contributed by atoms with E-state index in [4.69, 9.17) is 4.03 Å². The standard InChI is InChI=1S/C26H32N8OSSi/c1-25(2,3)37(4,5)32-36(35,21-9-7-6-8-10-21)33-17-26(18-33,12-13-27)34-16-20(15-31-34)23-22-11-14-28-24(22)30-19-29-23/h6-11,14-16,19H,12,17-18H2,1-5H3,(H,28,29,30). The molecule has 0 saturated carbocycles. The van der Waals surface area contributed by atoms with E-state index < -0.39 is 23.7 Å². The summed E-state index contributed by atoms with van der Waals surface area (Å²) >= 11 is 0. The minimum Gasteiger partial charge on any atom is -0.346 e. The number of fused-ring (bicyclic) bond motifs is 1. The summed E-state index contributed by atoms with van der Waals surface area (Å²) < 4.78 is 23.7. The first-order valence-electron chi connectivity index (χ1n) is 12.3. The molecule has 4 heterocycles. The molecule has 3 aromatic heterocycles. The van der Waals surface area contributed by atoms with E-state index >= 15 is 0 Å². The predicted molar refractivity (Wildman–Crippen MR) is 147 cm³/mol. The molecule has 1 aromatic carbocycles. The molecule has 4 aromatic rings. The van der Waals surface area contributed by atoms with Gasteiger partial charge in [0.05, 0.1) is 29.3 Å². The van der Waals surface area contributed by atoms with Gasteiger partial charge in [-0.1, -0.05) is 39.0 Å². The lowest BCUT2D eigenvalue weighted by Gasteiger charge is -2.50. The normalized spacial score (nSPS) is 17.6. The first-order valence-corrected chi connectivity index (χ1v) is 16.7. The van der Waals surface area contributed by atoms with Crippen LogP contribution in [0.25, 0.3) is 22.3 Å². The van der Waals surface area contributed by atoms with Gasteiger partial charge in [-0.3, -0.25) is 8.71 Å². The van der Waals surface area contributed by atoms with Gasteiger partial charge in [0.15, 0.2) is 8.24 Å². The number of nitrogens with one attached hydrogen (secondary N) is 1. The largest absolute Gasteiger partial charge is 0.346 e. The predicted octanol–water partition coefficient (Wildman–Crippen LogP) is 5.19. The van der Waals surface area contributed by atoms with Crippen molar-refractivity contribution in [3.63, 3.8) is 0 Å². The van der Waals surface area contributed by atoms with Gasteiger partial charge in [0.2, 0.25) is 0 Å². The van der Waals surface area contributed by atoms with Crippen LogP contribution in [0.15, 0.2) is 70.2 Å². The Balaban J connectivity index is 1.53. The molecule has 0 radical (unpaired) electrons. The third kappa shape index (κ3) is 4.29. The summed E-state index contributed by atoms with van der Waals surface area (Å²) in [6.45, 7) is 11.7. The van der Waals surface area contributed by atoms with Gasteiger partial charge in [-0.05, 0) is 36.3 Å². The van der Waals surface area contributed by atoms with Gasteiger partial charge in [0.1, 0.15) is 27.4 Å². The van der Waals surface area contributed by atoms with Crippen molar-refractivity contribution in [3.8, 4) is 17.3 Å². The first kappa shape index (κ1) is 25.3. The van der Waals surface area contributed by atoms with Crippen LogP contribution in [0, 0.1) is 11.3 Å². The molecule has 9 nitrogen and oxygen atoms in total. The smallest absolute Gasteiger partial charge is 0.195 e. The maximum Gasteiger partial charge on any atom is 0.195 e. The molecule has 1 atom stereocenters. The lowest BCUT2D eigenvalue weighted by atomic mass is 9.89. The minimum atomic E-state index is -2.87. The van der Waals surface area contributed by atoms with Crippen molar-refractivity contribution in [2.45, 2.75) is 55.8 Å². The summed E-state index contributed by atoms with van der Waals surface area (Å²) in [5.41, 5.74) is 1.78. The average molecular weight is 533 g/mol. The molecule has 1 unspecified atom stereocenters. The summed E-state index contributed by atoms with van der Waals surface area (Å²) in [6.07, 6.45) is 7.31. The average Bonchev–Trinajstić information content (AvgIpc) is 3.50. The molecule has 11 heteroatoms. The fourth-order valence-corrected chi connectivity index (χ4v) is 10.5. The van der Waals surface area contributed by atoms with Crippen LogP contribution in [0.5, 0.6) is 0 Å². The molecule has 5 rings (SSSR count). The van der Waals surface area contributed by atoms with E-state index in [9.17, 15) is 9.47 Å². The Bertz CT molecular complexity index is 1600. The van der Waals surface area contributed by atoms with Crippen molar-refractivity contribution in [1.82, 2.24) is 29.0 Å². The number of rotatable bonds is 6. The molecule has 37 heavy (non-hydrogen) atoms.